The van der Waals surface area contributed by atoms with E-state index in [1.807, 2.05) is 23.1 Å². The van der Waals surface area contributed by atoms with Crippen molar-refractivity contribution in [3.05, 3.63) is 93.2 Å². The Kier molecular flexibility index (Phi) is 12.3. The molecule has 54 heavy (non-hydrogen) atoms. The third-order valence-electron chi connectivity index (χ3n) is 10.6. The Bertz CT molecular complexity index is 1870. The summed E-state index contributed by atoms with van der Waals surface area (Å²) in [5, 5.41) is 13.3. The second kappa shape index (κ2) is 16.9. The van der Waals surface area contributed by atoms with E-state index in [4.69, 9.17) is 14.2 Å². The SMILES string of the molecule is COc1cc(CN(C(=O)C2=C(c3ccc(CCCOc4cc(F)ccc4Br)cc3)C[C@@H]3CN(C(=O)CCC(C)(C)C(=O)O)C[C@H]2N3)C2CC2)cc(OC)c1. The molecule has 288 valence electrons. The smallest absolute Gasteiger partial charge is 0.309 e. The number of halogens is 2. The van der Waals surface area contributed by atoms with E-state index in [9.17, 15) is 23.9 Å². The van der Waals surface area contributed by atoms with Crippen LogP contribution in [0.1, 0.15) is 69.1 Å². The first kappa shape index (κ1) is 39.3. The zero-order valence-corrected chi connectivity index (χ0v) is 32.9. The van der Waals surface area contributed by atoms with Crippen molar-refractivity contribution in [2.45, 2.75) is 83.5 Å². The molecule has 3 aliphatic rings. The van der Waals surface area contributed by atoms with Crippen molar-refractivity contribution >= 4 is 39.3 Å². The molecule has 2 N–H and O–H groups in total. The van der Waals surface area contributed by atoms with Gasteiger partial charge in [-0.2, -0.15) is 0 Å². The number of fused-ring (bicyclic) bond motifs is 2. The number of rotatable bonds is 16. The highest BCUT2D eigenvalue weighted by Crippen LogP contribution is 2.38. The molecule has 3 aromatic rings. The van der Waals surface area contributed by atoms with E-state index in [2.05, 4.69) is 45.5 Å². The molecule has 6 rings (SSSR count). The van der Waals surface area contributed by atoms with Crippen LogP contribution >= 0.6 is 15.9 Å². The van der Waals surface area contributed by atoms with Gasteiger partial charge in [0, 0.05) is 55.8 Å². The fourth-order valence-electron chi connectivity index (χ4n) is 7.24. The number of amides is 2. The molecule has 2 bridgehead atoms. The lowest BCUT2D eigenvalue weighted by molar-refractivity contribution is -0.148. The molecule has 0 unspecified atom stereocenters. The maximum atomic E-state index is 14.9. The highest BCUT2D eigenvalue weighted by atomic mass is 79.9. The van der Waals surface area contributed by atoms with Crippen molar-refractivity contribution in [1.29, 1.82) is 0 Å². The zero-order chi connectivity index (χ0) is 38.6. The number of carboxylic acid groups (broad SMARTS) is 1. The van der Waals surface area contributed by atoms with Crippen LogP contribution in [-0.4, -0.2) is 84.7 Å². The highest BCUT2D eigenvalue weighted by Gasteiger charge is 2.43. The number of aryl methyl sites for hydroxylation is 1. The van der Waals surface area contributed by atoms with E-state index in [-0.39, 0.29) is 42.6 Å². The van der Waals surface area contributed by atoms with E-state index < -0.39 is 17.4 Å². The predicted octanol–water partition coefficient (Wildman–Crippen LogP) is 7.03. The van der Waals surface area contributed by atoms with E-state index in [0.29, 0.717) is 60.0 Å². The van der Waals surface area contributed by atoms with Crippen molar-refractivity contribution in [3.63, 3.8) is 0 Å². The monoisotopic (exact) mass is 805 g/mol. The number of hydrogen-bond acceptors (Lipinski definition) is 7. The van der Waals surface area contributed by atoms with Crippen LogP contribution in [0.4, 0.5) is 4.39 Å². The molecule has 0 spiro atoms. The number of carbonyl (C=O) groups is 3. The fraction of sp³-hybridized carbons (Fsp3) is 0.452. The molecular formula is C42H49BrFN3O7. The van der Waals surface area contributed by atoms with E-state index >= 15 is 0 Å². The second-order valence-electron chi connectivity index (χ2n) is 15.1. The van der Waals surface area contributed by atoms with E-state index in [1.165, 1.54) is 12.1 Å². The quantitative estimate of drug-likeness (QED) is 0.148. The molecule has 10 nitrogen and oxygen atoms in total. The topological polar surface area (TPSA) is 118 Å². The van der Waals surface area contributed by atoms with Crippen LogP contribution in [0, 0.1) is 11.2 Å². The van der Waals surface area contributed by atoms with Gasteiger partial charge in [0.15, 0.2) is 0 Å². The van der Waals surface area contributed by atoms with Crippen LogP contribution in [0.25, 0.3) is 5.57 Å². The minimum Gasteiger partial charge on any atom is -0.497 e. The zero-order valence-electron chi connectivity index (χ0n) is 31.3. The maximum absolute atomic E-state index is 14.9. The van der Waals surface area contributed by atoms with Gasteiger partial charge in [0.2, 0.25) is 5.91 Å². The number of nitrogens with one attached hydrogen (secondary N) is 1. The number of piperazine rings is 1. The molecule has 0 aromatic heterocycles. The standard InChI is InChI=1S/C42H49BrFN3O7/c1-42(2,41(50)51)16-15-38(48)46-24-30-21-34(28-9-7-26(8-10-28)6-5-17-54-37-20-29(44)11-14-35(37)43)39(36(25-46)45-30)40(49)47(31-12-13-31)23-27-18-32(52-3)22-33(19-27)53-4/h7-11,14,18-20,22,30-31,36,45H,5-6,12-13,15-17,21,23-25H2,1-4H3,(H,50,51)/t30-,36-/m1/s1. The molecule has 1 saturated heterocycles. The lowest BCUT2D eigenvalue weighted by Crippen LogP contribution is -2.62. The number of benzene rings is 3. The van der Waals surface area contributed by atoms with Gasteiger partial charge >= 0.3 is 5.97 Å². The summed E-state index contributed by atoms with van der Waals surface area (Å²) in [6, 6.07) is 18.0. The lowest BCUT2D eigenvalue weighted by atomic mass is 9.82. The van der Waals surface area contributed by atoms with Gasteiger partial charge in [-0.05, 0) is 115 Å². The average Bonchev–Trinajstić information content (AvgIpc) is 4.01. The van der Waals surface area contributed by atoms with Crippen molar-refractivity contribution in [1.82, 2.24) is 15.1 Å². The van der Waals surface area contributed by atoms with Gasteiger partial charge in [-0.15, -0.1) is 0 Å². The van der Waals surface area contributed by atoms with Gasteiger partial charge in [0.25, 0.3) is 5.91 Å². The molecule has 2 fully saturated rings. The summed E-state index contributed by atoms with van der Waals surface area (Å²) in [4.78, 5) is 44.0. The minimum atomic E-state index is -1.01. The summed E-state index contributed by atoms with van der Waals surface area (Å²) in [7, 11) is 3.21. The first-order valence-electron chi connectivity index (χ1n) is 18.6. The van der Waals surface area contributed by atoms with Crippen LogP contribution < -0.4 is 19.5 Å². The Morgan fingerprint density at radius 3 is 2.33 bits per heavy atom. The number of methoxy groups -OCH3 is 2. The number of carboxylic acids is 1. The number of hydrogen-bond donors (Lipinski definition) is 2. The first-order valence-corrected chi connectivity index (χ1v) is 19.3. The summed E-state index contributed by atoms with van der Waals surface area (Å²) < 4.78 is 31.2. The number of carbonyl (C=O) groups excluding carboxylic acids is 2. The number of ether oxygens (including phenoxy) is 3. The summed E-state index contributed by atoms with van der Waals surface area (Å²) in [6.45, 7) is 4.88. The second-order valence-corrected chi connectivity index (χ2v) is 16.0. The van der Waals surface area contributed by atoms with Crippen LogP contribution in [0.2, 0.25) is 0 Å². The molecule has 2 atom stereocenters. The Morgan fingerprint density at radius 2 is 1.69 bits per heavy atom. The lowest BCUT2D eigenvalue weighted by Gasteiger charge is -2.45. The summed E-state index contributed by atoms with van der Waals surface area (Å²) in [5.74, 6) is 0.330. The van der Waals surface area contributed by atoms with Gasteiger partial charge in [-0.25, -0.2) is 4.39 Å². The van der Waals surface area contributed by atoms with Gasteiger partial charge in [0.1, 0.15) is 23.1 Å². The van der Waals surface area contributed by atoms with Gasteiger partial charge in [-0.1, -0.05) is 24.3 Å². The molecule has 2 heterocycles. The minimum absolute atomic E-state index is 0.0590. The van der Waals surface area contributed by atoms with E-state index in [1.54, 1.807) is 39.0 Å². The normalized spacial score (nSPS) is 18.3. The molecule has 3 aromatic carbocycles. The Hall–Kier alpha value is -4.42. The molecule has 2 aliphatic heterocycles. The van der Waals surface area contributed by atoms with Crippen molar-refractivity contribution < 1.29 is 38.1 Å². The third-order valence-corrected chi connectivity index (χ3v) is 11.3. The summed E-state index contributed by atoms with van der Waals surface area (Å²) in [5.41, 5.74) is 3.62. The average molecular weight is 807 g/mol. The van der Waals surface area contributed by atoms with Crippen LogP contribution in [-0.2, 0) is 27.3 Å². The molecule has 12 heteroatoms. The molecule has 2 amide bonds. The Labute approximate surface area is 324 Å². The first-order chi connectivity index (χ1) is 25.8. The predicted molar refractivity (Wildman–Crippen MR) is 207 cm³/mol. The molecule has 1 saturated carbocycles. The molecular weight excluding hydrogens is 757 g/mol. The largest absolute Gasteiger partial charge is 0.497 e. The maximum Gasteiger partial charge on any atom is 0.309 e. The Balaban J connectivity index is 1.25. The van der Waals surface area contributed by atoms with Gasteiger partial charge < -0.3 is 34.4 Å². The third kappa shape index (κ3) is 9.44. The van der Waals surface area contributed by atoms with Gasteiger partial charge in [0.05, 0.1) is 36.8 Å². The number of aliphatic carboxylic acids is 1. The Morgan fingerprint density at radius 1 is 0.981 bits per heavy atom. The summed E-state index contributed by atoms with van der Waals surface area (Å²) in [6.07, 6.45) is 4.23. The van der Waals surface area contributed by atoms with Crippen molar-refractivity contribution in [2.24, 2.45) is 5.41 Å². The molecule has 1 aliphatic carbocycles. The summed E-state index contributed by atoms with van der Waals surface area (Å²) >= 11 is 3.41. The van der Waals surface area contributed by atoms with Crippen molar-refractivity contribution in [3.8, 4) is 17.2 Å². The molecule has 0 radical (unpaired) electrons. The van der Waals surface area contributed by atoms with Crippen molar-refractivity contribution in [2.75, 3.05) is 33.9 Å². The number of nitrogens with zero attached hydrogens (tertiary/aromatic N) is 2. The van der Waals surface area contributed by atoms with Crippen LogP contribution in [0.15, 0.2) is 70.7 Å². The fourth-order valence-corrected chi connectivity index (χ4v) is 7.60. The van der Waals surface area contributed by atoms with Crippen LogP contribution in [0.3, 0.4) is 0 Å². The van der Waals surface area contributed by atoms with Gasteiger partial charge in [-0.3, -0.25) is 14.4 Å². The van der Waals surface area contributed by atoms with Crippen LogP contribution in [0.5, 0.6) is 17.2 Å². The highest BCUT2D eigenvalue weighted by molar-refractivity contribution is 9.10. The van der Waals surface area contributed by atoms with E-state index in [0.717, 1.165) is 47.9 Å².